The molecule has 9 nitrogen and oxygen atoms in total. The van der Waals surface area contributed by atoms with Crippen LogP contribution in [0.5, 0.6) is 0 Å². The molecule has 0 unspecified atom stereocenters. The summed E-state index contributed by atoms with van der Waals surface area (Å²) in [4.78, 5) is 40.8. The van der Waals surface area contributed by atoms with Crippen molar-refractivity contribution in [3.63, 3.8) is 0 Å². The second-order valence-corrected chi connectivity index (χ2v) is 12.7. The van der Waals surface area contributed by atoms with Gasteiger partial charge in [-0.2, -0.15) is 0 Å². The van der Waals surface area contributed by atoms with E-state index in [1.807, 2.05) is 13.8 Å². The fourth-order valence-electron chi connectivity index (χ4n) is 4.26. The Hall–Kier alpha value is -3.66. The summed E-state index contributed by atoms with van der Waals surface area (Å²) in [5, 5.41) is 2.81. The first-order valence-corrected chi connectivity index (χ1v) is 14.3. The number of rotatable bonds is 9. The molecule has 1 aliphatic rings. The smallest absolute Gasteiger partial charge is 0.355 e. The SMILES string of the molecule is COC(=O)CCc1c(C(=O)OC(C)(C)C)[nH]c(/C=C2\NC(=O)C(CCS(=O)(=O)c3ccc(C)cc3)=C2C)c1C. The Morgan fingerprint density at radius 3 is 2.26 bits per heavy atom. The average Bonchev–Trinajstić information content (AvgIpc) is 3.30. The highest BCUT2D eigenvalue weighted by atomic mass is 32.2. The van der Waals surface area contributed by atoms with Crippen molar-refractivity contribution >= 4 is 33.8 Å². The van der Waals surface area contributed by atoms with Crippen LogP contribution in [0.25, 0.3) is 6.08 Å². The van der Waals surface area contributed by atoms with Gasteiger partial charge in [-0.3, -0.25) is 9.59 Å². The van der Waals surface area contributed by atoms with Gasteiger partial charge >= 0.3 is 11.9 Å². The van der Waals surface area contributed by atoms with Gasteiger partial charge in [0.1, 0.15) is 11.3 Å². The van der Waals surface area contributed by atoms with Crippen LogP contribution in [0.1, 0.15) is 73.4 Å². The van der Waals surface area contributed by atoms with Gasteiger partial charge in [0.25, 0.3) is 5.91 Å². The van der Waals surface area contributed by atoms with Gasteiger partial charge in [-0.05, 0) is 89.3 Å². The number of carbonyl (C=O) groups excluding carboxylic acids is 3. The number of amides is 1. The number of allylic oxidation sites excluding steroid dienone is 1. The second-order valence-electron chi connectivity index (χ2n) is 10.6. The Morgan fingerprint density at radius 2 is 1.67 bits per heavy atom. The van der Waals surface area contributed by atoms with E-state index in [1.54, 1.807) is 58.0 Å². The topological polar surface area (TPSA) is 132 Å². The van der Waals surface area contributed by atoms with Crippen LogP contribution >= 0.6 is 0 Å². The largest absolute Gasteiger partial charge is 0.469 e. The number of H-pyrrole nitrogens is 1. The van der Waals surface area contributed by atoms with Crippen LogP contribution in [0.2, 0.25) is 0 Å². The van der Waals surface area contributed by atoms with Crippen LogP contribution in [-0.4, -0.2) is 49.7 Å². The maximum atomic E-state index is 13.0. The van der Waals surface area contributed by atoms with Gasteiger partial charge in [0.15, 0.2) is 9.84 Å². The van der Waals surface area contributed by atoms with E-state index in [-0.39, 0.29) is 41.5 Å². The van der Waals surface area contributed by atoms with E-state index in [9.17, 15) is 22.8 Å². The van der Waals surface area contributed by atoms with E-state index in [4.69, 9.17) is 9.47 Å². The third-order valence-corrected chi connectivity index (χ3v) is 8.23. The normalized spacial score (nSPS) is 15.1. The van der Waals surface area contributed by atoms with Gasteiger partial charge in [-0.15, -0.1) is 0 Å². The van der Waals surface area contributed by atoms with Crippen molar-refractivity contribution in [3.05, 3.63) is 69.2 Å². The average molecular weight is 557 g/mol. The van der Waals surface area contributed by atoms with Gasteiger partial charge in [0.05, 0.1) is 17.8 Å². The lowest BCUT2D eigenvalue weighted by atomic mass is 10.0. The summed E-state index contributed by atoms with van der Waals surface area (Å²) in [6.45, 7) is 10.7. The van der Waals surface area contributed by atoms with E-state index in [0.717, 1.165) is 11.1 Å². The zero-order valence-corrected chi connectivity index (χ0v) is 24.3. The molecule has 0 radical (unpaired) electrons. The van der Waals surface area contributed by atoms with E-state index in [1.165, 1.54) is 7.11 Å². The van der Waals surface area contributed by atoms with Gasteiger partial charge in [-0.1, -0.05) is 17.7 Å². The van der Waals surface area contributed by atoms with Crippen LogP contribution in [0.3, 0.4) is 0 Å². The summed E-state index contributed by atoms with van der Waals surface area (Å²) < 4.78 is 35.9. The molecule has 0 atom stereocenters. The number of hydrogen-bond acceptors (Lipinski definition) is 7. The highest BCUT2D eigenvalue weighted by Gasteiger charge is 2.28. The summed E-state index contributed by atoms with van der Waals surface area (Å²) >= 11 is 0. The predicted octanol–water partition coefficient (Wildman–Crippen LogP) is 4.34. The van der Waals surface area contributed by atoms with Crippen LogP contribution < -0.4 is 5.32 Å². The maximum Gasteiger partial charge on any atom is 0.355 e. The number of methoxy groups -OCH3 is 1. The third kappa shape index (κ3) is 7.26. The summed E-state index contributed by atoms with van der Waals surface area (Å²) in [6, 6.07) is 6.62. The van der Waals surface area contributed by atoms with Crippen molar-refractivity contribution in [2.24, 2.45) is 0 Å². The molecule has 0 saturated carbocycles. The molecule has 210 valence electrons. The monoisotopic (exact) mass is 556 g/mol. The highest BCUT2D eigenvalue weighted by molar-refractivity contribution is 7.91. The van der Waals surface area contributed by atoms with Gasteiger partial charge in [-0.25, -0.2) is 13.2 Å². The summed E-state index contributed by atoms with van der Waals surface area (Å²) in [5.74, 6) is -1.52. The Bertz CT molecular complexity index is 1450. The first-order valence-electron chi connectivity index (χ1n) is 12.7. The summed E-state index contributed by atoms with van der Waals surface area (Å²) in [7, 11) is -2.26. The van der Waals surface area contributed by atoms with Crippen molar-refractivity contribution in [1.82, 2.24) is 10.3 Å². The van der Waals surface area contributed by atoms with Crippen molar-refractivity contribution in [1.29, 1.82) is 0 Å². The third-order valence-electron chi connectivity index (χ3n) is 6.50. The number of aromatic amines is 1. The number of sulfone groups is 1. The molecule has 0 fully saturated rings. The van der Waals surface area contributed by atoms with Crippen molar-refractivity contribution in [2.75, 3.05) is 12.9 Å². The number of carbonyl (C=O) groups is 3. The Labute approximate surface area is 229 Å². The molecule has 2 heterocycles. The van der Waals surface area contributed by atoms with Crippen LogP contribution in [0.4, 0.5) is 0 Å². The lowest BCUT2D eigenvalue weighted by Gasteiger charge is -2.19. The molecular weight excluding hydrogens is 520 g/mol. The number of ether oxygens (including phenoxy) is 2. The van der Waals surface area contributed by atoms with Crippen molar-refractivity contribution < 1.29 is 32.3 Å². The van der Waals surface area contributed by atoms with Crippen molar-refractivity contribution in [2.45, 2.75) is 71.3 Å². The molecule has 1 aliphatic heterocycles. The van der Waals surface area contributed by atoms with E-state index in [2.05, 4.69) is 10.3 Å². The Kier molecular flexibility index (Phi) is 8.90. The second kappa shape index (κ2) is 11.6. The number of nitrogens with one attached hydrogen (secondary N) is 2. The fourth-order valence-corrected chi connectivity index (χ4v) is 5.52. The van der Waals surface area contributed by atoms with Crippen LogP contribution in [0, 0.1) is 13.8 Å². The van der Waals surface area contributed by atoms with Crippen LogP contribution in [-0.2, 0) is 35.3 Å². The molecule has 1 aromatic carbocycles. The minimum atomic E-state index is -3.57. The highest BCUT2D eigenvalue weighted by Crippen LogP contribution is 2.29. The molecule has 0 aliphatic carbocycles. The number of benzene rings is 1. The molecule has 0 spiro atoms. The zero-order valence-electron chi connectivity index (χ0n) is 23.5. The van der Waals surface area contributed by atoms with E-state index < -0.39 is 27.4 Å². The number of hydrogen-bond donors (Lipinski definition) is 2. The maximum absolute atomic E-state index is 13.0. The molecule has 10 heteroatoms. The van der Waals surface area contributed by atoms with Crippen LogP contribution in [0.15, 0.2) is 46.0 Å². The number of esters is 2. The molecule has 2 aromatic rings. The first kappa shape index (κ1) is 29.9. The van der Waals surface area contributed by atoms with E-state index >= 15 is 0 Å². The molecule has 0 saturated heterocycles. The molecule has 2 N–H and O–H groups in total. The first-order chi connectivity index (χ1) is 18.1. The molecule has 1 aromatic heterocycles. The quantitative estimate of drug-likeness (QED) is 0.439. The zero-order chi connectivity index (χ0) is 29.1. The lowest BCUT2D eigenvalue weighted by molar-refractivity contribution is -0.140. The standard InChI is InChI=1S/C29H36N2O7S/c1-17-8-10-20(11-9-17)39(35,36)15-14-22-19(3)24(31-27(22)33)16-23-18(2)21(12-13-25(32)37-7)26(30-23)28(34)38-29(4,5)6/h8-11,16,30H,12-15H2,1-7H3,(H,31,33)/b24-16-. The minimum Gasteiger partial charge on any atom is -0.469 e. The number of aromatic nitrogens is 1. The minimum absolute atomic E-state index is 0.0580. The predicted molar refractivity (Wildman–Crippen MR) is 148 cm³/mol. The molecule has 0 bridgehead atoms. The molecule has 39 heavy (non-hydrogen) atoms. The van der Waals surface area contributed by atoms with E-state index in [0.29, 0.717) is 28.1 Å². The summed E-state index contributed by atoms with van der Waals surface area (Å²) in [5.41, 5.74) is 3.90. The lowest BCUT2D eigenvalue weighted by Crippen LogP contribution is -2.24. The van der Waals surface area contributed by atoms with Gasteiger partial charge < -0.3 is 19.8 Å². The Morgan fingerprint density at radius 1 is 1.03 bits per heavy atom. The van der Waals surface area contributed by atoms with Crippen molar-refractivity contribution in [3.8, 4) is 0 Å². The Balaban J connectivity index is 1.91. The van der Waals surface area contributed by atoms with Gasteiger partial charge in [0, 0.05) is 23.4 Å². The molecule has 1 amide bonds. The van der Waals surface area contributed by atoms with Gasteiger partial charge in [0.2, 0.25) is 0 Å². The summed E-state index contributed by atoms with van der Waals surface area (Å²) in [6.07, 6.45) is 2.11. The molecular formula is C29H36N2O7S. The number of aryl methyl sites for hydroxylation is 1. The molecule has 3 rings (SSSR count). The fraction of sp³-hybridized carbons (Fsp3) is 0.414.